The summed E-state index contributed by atoms with van der Waals surface area (Å²) in [6, 6.07) is 0. The van der Waals surface area contributed by atoms with Crippen LogP contribution in [0.5, 0.6) is 0 Å². The van der Waals surface area contributed by atoms with Crippen molar-refractivity contribution in [2.75, 3.05) is 38.6 Å². The number of nitrogens with one attached hydrogen (secondary N) is 2. The van der Waals surface area contributed by atoms with E-state index < -0.39 is 0 Å². The molecule has 0 bridgehead atoms. The van der Waals surface area contributed by atoms with Gasteiger partial charge in [-0.15, -0.1) is 0 Å². The van der Waals surface area contributed by atoms with Gasteiger partial charge in [0.05, 0.1) is 25.5 Å². The Labute approximate surface area is 111 Å². The van der Waals surface area contributed by atoms with Crippen molar-refractivity contribution < 1.29 is 9.64 Å². The normalized spacial score (nSPS) is 17.0. The molecule has 1 aromatic heterocycles. The SMILES string of the molecule is Cc1nc(SCC[NH+]2CCOCC2)[nH]c(=O)c1C. The van der Waals surface area contributed by atoms with Gasteiger partial charge in [0.15, 0.2) is 5.16 Å². The first kappa shape index (κ1) is 13.6. The van der Waals surface area contributed by atoms with Crippen molar-refractivity contribution >= 4 is 11.8 Å². The van der Waals surface area contributed by atoms with Gasteiger partial charge in [0.1, 0.15) is 13.1 Å². The molecule has 1 aromatic rings. The lowest BCUT2D eigenvalue weighted by atomic mass is 10.3. The average molecular weight is 270 g/mol. The lowest BCUT2D eigenvalue weighted by molar-refractivity contribution is -0.905. The first-order chi connectivity index (χ1) is 8.66. The number of ether oxygens (including phenoxy) is 1. The van der Waals surface area contributed by atoms with Crippen LogP contribution < -0.4 is 10.5 Å². The lowest BCUT2D eigenvalue weighted by Crippen LogP contribution is -3.14. The Morgan fingerprint density at radius 1 is 1.39 bits per heavy atom. The molecule has 18 heavy (non-hydrogen) atoms. The minimum Gasteiger partial charge on any atom is -0.370 e. The zero-order chi connectivity index (χ0) is 13.0. The van der Waals surface area contributed by atoms with Crippen LogP contribution in [0.15, 0.2) is 9.95 Å². The van der Waals surface area contributed by atoms with E-state index in [0.717, 1.165) is 49.5 Å². The number of aromatic nitrogens is 2. The summed E-state index contributed by atoms with van der Waals surface area (Å²) >= 11 is 1.62. The summed E-state index contributed by atoms with van der Waals surface area (Å²) in [5.41, 5.74) is 1.50. The predicted molar refractivity (Wildman–Crippen MR) is 71.4 cm³/mol. The summed E-state index contributed by atoms with van der Waals surface area (Å²) in [5, 5.41) is 0.732. The fraction of sp³-hybridized carbons (Fsp3) is 0.667. The van der Waals surface area contributed by atoms with E-state index in [1.54, 1.807) is 23.6 Å². The van der Waals surface area contributed by atoms with Crippen molar-refractivity contribution in [2.24, 2.45) is 0 Å². The molecule has 2 rings (SSSR count). The smallest absolute Gasteiger partial charge is 0.254 e. The molecule has 2 N–H and O–H groups in total. The summed E-state index contributed by atoms with van der Waals surface area (Å²) in [5.74, 6) is 0.973. The Bertz CT molecular complexity index is 455. The van der Waals surface area contributed by atoms with Crippen LogP contribution in [0.2, 0.25) is 0 Å². The quantitative estimate of drug-likeness (QED) is 0.566. The maximum Gasteiger partial charge on any atom is 0.254 e. The number of thioether (sulfide) groups is 1. The minimum atomic E-state index is -0.0243. The topological polar surface area (TPSA) is 59.4 Å². The van der Waals surface area contributed by atoms with Crippen LogP contribution in [0, 0.1) is 13.8 Å². The molecule has 0 aromatic carbocycles. The van der Waals surface area contributed by atoms with E-state index in [-0.39, 0.29) is 5.56 Å². The molecule has 0 aliphatic carbocycles. The Morgan fingerprint density at radius 2 is 2.11 bits per heavy atom. The van der Waals surface area contributed by atoms with Gasteiger partial charge in [-0.2, -0.15) is 0 Å². The molecule has 0 unspecified atom stereocenters. The van der Waals surface area contributed by atoms with Crippen LogP contribution >= 0.6 is 11.8 Å². The number of H-pyrrole nitrogens is 1. The standard InChI is InChI=1S/C12H19N3O2S/c1-9-10(2)13-12(14-11(9)16)18-8-5-15-3-6-17-7-4-15/h3-8H2,1-2H3,(H,13,14,16)/p+1. The second kappa shape index (κ2) is 6.36. The molecule has 0 saturated carbocycles. The molecule has 0 radical (unpaired) electrons. The molecule has 1 saturated heterocycles. The third-order valence-electron chi connectivity index (χ3n) is 3.27. The Hall–Kier alpha value is -0.850. The third kappa shape index (κ3) is 3.57. The predicted octanol–water partition coefficient (Wildman–Crippen LogP) is -0.606. The monoisotopic (exact) mass is 270 g/mol. The van der Waals surface area contributed by atoms with Gasteiger partial charge in [0.25, 0.3) is 5.56 Å². The van der Waals surface area contributed by atoms with Crippen molar-refractivity contribution in [3.63, 3.8) is 0 Å². The molecule has 100 valence electrons. The van der Waals surface area contributed by atoms with E-state index in [4.69, 9.17) is 4.74 Å². The highest BCUT2D eigenvalue weighted by atomic mass is 32.2. The van der Waals surface area contributed by atoms with Gasteiger partial charge >= 0.3 is 0 Å². The number of nitrogens with zero attached hydrogens (tertiary/aromatic N) is 1. The van der Waals surface area contributed by atoms with Gasteiger partial charge in [-0.05, 0) is 13.8 Å². The first-order valence-electron chi connectivity index (χ1n) is 6.28. The fourth-order valence-electron chi connectivity index (χ4n) is 1.89. The number of morpholine rings is 1. The molecular formula is C12H20N3O2S+. The molecule has 2 heterocycles. The van der Waals surface area contributed by atoms with E-state index in [9.17, 15) is 4.79 Å². The maximum atomic E-state index is 11.6. The van der Waals surface area contributed by atoms with Crippen molar-refractivity contribution in [2.45, 2.75) is 19.0 Å². The van der Waals surface area contributed by atoms with Crippen LogP contribution in [0.4, 0.5) is 0 Å². The molecule has 0 spiro atoms. The molecule has 0 amide bonds. The largest absolute Gasteiger partial charge is 0.370 e. The van der Waals surface area contributed by atoms with Gasteiger partial charge in [0, 0.05) is 11.3 Å². The van der Waals surface area contributed by atoms with E-state index in [1.165, 1.54) is 0 Å². The van der Waals surface area contributed by atoms with E-state index in [2.05, 4.69) is 9.97 Å². The van der Waals surface area contributed by atoms with Crippen molar-refractivity contribution in [3.8, 4) is 0 Å². The van der Waals surface area contributed by atoms with Crippen molar-refractivity contribution in [1.82, 2.24) is 9.97 Å². The molecular weight excluding hydrogens is 250 g/mol. The van der Waals surface area contributed by atoms with E-state index >= 15 is 0 Å². The van der Waals surface area contributed by atoms with E-state index in [0.29, 0.717) is 5.56 Å². The Balaban J connectivity index is 1.84. The first-order valence-corrected chi connectivity index (χ1v) is 7.27. The second-order valence-electron chi connectivity index (χ2n) is 4.54. The fourth-order valence-corrected chi connectivity index (χ4v) is 2.84. The molecule has 1 aliphatic heterocycles. The van der Waals surface area contributed by atoms with Gasteiger partial charge in [-0.25, -0.2) is 4.98 Å². The highest BCUT2D eigenvalue weighted by Crippen LogP contribution is 2.10. The number of aromatic amines is 1. The van der Waals surface area contributed by atoms with Crippen LogP contribution in [-0.2, 0) is 4.74 Å². The van der Waals surface area contributed by atoms with Crippen molar-refractivity contribution in [1.29, 1.82) is 0 Å². The summed E-state index contributed by atoms with van der Waals surface area (Å²) in [4.78, 5) is 20.4. The molecule has 5 nitrogen and oxygen atoms in total. The maximum absolute atomic E-state index is 11.6. The number of aryl methyl sites for hydroxylation is 1. The van der Waals surface area contributed by atoms with Crippen molar-refractivity contribution in [3.05, 3.63) is 21.6 Å². The van der Waals surface area contributed by atoms with Gasteiger partial charge < -0.3 is 14.6 Å². The van der Waals surface area contributed by atoms with Crippen LogP contribution in [0.1, 0.15) is 11.3 Å². The summed E-state index contributed by atoms with van der Waals surface area (Å²) in [6.45, 7) is 8.65. The van der Waals surface area contributed by atoms with Gasteiger partial charge in [0.2, 0.25) is 0 Å². The molecule has 1 fully saturated rings. The Kier molecular flexibility index (Phi) is 4.79. The lowest BCUT2D eigenvalue weighted by Gasteiger charge is -2.23. The minimum absolute atomic E-state index is 0.0243. The highest BCUT2D eigenvalue weighted by Gasteiger charge is 2.13. The van der Waals surface area contributed by atoms with Crippen LogP contribution in [0.25, 0.3) is 0 Å². The summed E-state index contributed by atoms with van der Waals surface area (Å²) < 4.78 is 5.32. The number of rotatable bonds is 4. The van der Waals surface area contributed by atoms with Gasteiger partial charge in [-0.3, -0.25) is 4.79 Å². The Morgan fingerprint density at radius 3 is 2.78 bits per heavy atom. The summed E-state index contributed by atoms with van der Waals surface area (Å²) in [6.07, 6.45) is 0. The van der Waals surface area contributed by atoms with Crippen LogP contribution in [0.3, 0.4) is 0 Å². The van der Waals surface area contributed by atoms with Crippen LogP contribution in [-0.4, -0.2) is 48.6 Å². The zero-order valence-corrected chi connectivity index (χ0v) is 11.7. The highest BCUT2D eigenvalue weighted by molar-refractivity contribution is 7.99. The number of hydrogen-bond donors (Lipinski definition) is 2. The number of hydrogen-bond acceptors (Lipinski definition) is 4. The second-order valence-corrected chi connectivity index (χ2v) is 5.63. The third-order valence-corrected chi connectivity index (χ3v) is 4.14. The summed E-state index contributed by atoms with van der Waals surface area (Å²) in [7, 11) is 0. The molecule has 0 atom stereocenters. The average Bonchev–Trinajstić information content (AvgIpc) is 2.37. The number of quaternary nitrogens is 1. The zero-order valence-electron chi connectivity index (χ0n) is 10.9. The van der Waals surface area contributed by atoms with Gasteiger partial charge in [-0.1, -0.05) is 11.8 Å². The molecule has 6 heteroatoms. The van der Waals surface area contributed by atoms with E-state index in [1.807, 2.05) is 6.92 Å². The molecule has 1 aliphatic rings.